The van der Waals surface area contributed by atoms with E-state index in [0.717, 1.165) is 0 Å². The first kappa shape index (κ1) is 15.2. The van der Waals surface area contributed by atoms with Crippen molar-refractivity contribution in [1.29, 1.82) is 0 Å². The lowest BCUT2D eigenvalue weighted by Crippen LogP contribution is -2.30. The number of rotatable bonds is 3. The lowest BCUT2D eigenvalue weighted by molar-refractivity contribution is 0.506. The van der Waals surface area contributed by atoms with Gasteiger partial charge in [-0.25, -0.2) is 14.2 Å². The lowest BCUT2D eigenvalue weighted by atomic mass is 9.96. The predicted molar refractivity (Wildman–Crippen MR) is 76.7 cm³/mol. The molecule has 1 atom stereocenters. The summed E-state index contributed by atoms with van der Waals surface area (Å²) in [6, 6.07) is 6.40. The number of benzene rings is 2. The Bertz CT molecular complexity index is 647. The van der Waals surface area contributed by atoms with Crippen molar-refractivity contribution < 1.29 is 8.78 Å². The Hall–Kier alpha value is -1.20. The summed E-state index contributed by atoms with van der Waals surface area (Å²) in [6.45, 7) is 1.56. The molecule has 106 valence electrons. The molecule has 6 heteroatoms. The second-order valence-electron chi connectivity index (χ2n) is 4.37. The van der Waals surface area contributed by atoms with Crippen LogP contribution in [0.2, 0.25) is 10.0 Å². The molecule has 0 saturated heterocycles. The summed E-state index contributed by atoms with van der Waals surface area (Å²) >= 11 is 11.8. The molecule has 0 fully saturated rings. The Morgan fingerprint density at radius 3 is 2.40 bits per heavy atom. The largest absolute Gasteiger partial charge is 0.271 e. The fourth-order valence-electron chi connectivity index (χ4n) is 1.98. The normalized spacial score (nSPS) is 12.5. The van der Waals surface area contributed by atoms with Crippen LogP contribution >= 0.6 is 23.2 Å². The standard InChI is InChI=1S/C14H12Cl2F2N2/c1-7-2-5-11(17)12(13(7)18)14(20-19)8-3-4-9(15)10(16)6-8/h2-6,14,20H,19H2,1H3. The highest BCUT2D eigenvalue weighted by molar-refractivity contribution is 6.42. The molecule has 0 spiro atoms. The summed E-state index contributed by atoms with van der Waals surface area (Å²) in [7, 11) is 0. The van der Waals surface area contributed by atoms with Crippen LogP contribution < -0.4 is 11.3 Å². The molecular weight excluding hydrogens is 305 g/mol. The number of aryl methyl sites for hydroxylation is 1. The minimum atomic E-state index is -0.857. The Morgan fingerprint density at radius 2 is 1.80 bits per heavy atom. The van der Waals surface area contributed by atoms with Crippen LogP contribution in [0, 0.1) is 18.6 Å². The van der Waals surface area contributed by atoms with E-state index in [0.29, 0.717) is 16.1 Å². The van der Waals surface area contributed by atoms with Crippen LogP contribution in [-0.2, 0) is 0 Å². The zero-order chi connectivity index (χ0) is 14.9. The first-order valence-corrected chi connectivity index (χ1v) is 6.57. The summed E-state index contributed by atoms with van der Waals surface area (Å²) in [5, 5.41) is 0.647. The van der Waals surface area contributed by atoms with Crippen molar-refractivity contribution in [2.24, 2.45) is 5.84 Å². The van der Waals surface area contributed by atoms with E-state index in [4.69, 9.17) is 29.0 Å². The molecule has 20 heavy (non-hydrogen) atoms. The number of nitrogens with one attached hydrogen (secondary N) is 1. The molecule has 0 radical (unpaired) electrons. The average Bonchev–Trinajstić information content (AvgIpc) is 2.42. The van der Waals surface area contributed by atoms with Gasteiger partial charge in [0, 0.05) is 5.56 Å². The van der Waals surface area contributed by atoms with Crippen molar-refractivity contribution in [1.82, 2.24) is 5.43 Å². The van der Waals surface area contributed by atoms with Crippen LogP contribution in [0.25, 0.3) is 0 Å². The highest BCUT2D eigenvalue weighted by Crippen LogP contribution is 2.31. The van der Waals surface area contributed by atoms with Crippen LogP contribution in [0.4, 0.5) is 8.78 Å². The molecule has 0 bridgehead atoms. The van der Waals surface area contributed by atoms with E-state index < -0.39 is 17.7 Å². The van der Waals surface area contributed by atoms with Crippen LogP contribution in [0.15, 0.2) is 30.3 Å². The zero-order valence-electron chi connectivity index (χ0n) is 10.6. The van der Waals surface area contributed by atoms with Crippen molar-refractivity contribution >= 4 is 23.2 Å². The molecule has 1 unspecified atom stereocenters. The highest BCUT2D eigenvalue weighted by Gasteiger charge is 2.22. The number of hydrogen-bond donors (Lipinski definition) is 2. The molecule has 2 rings (SSSR count). The summed E-state index contributed by atoms with van der Waals surface area (Å²) in [6.07, 6.45) is 0. The van der Waals surface area contributed by atoms with E-state index in [-0.39, 0.29) is 10.6 Å². The van der Waals surface area contributed by atoms with Crippen molar-refractivity contribution in [3.05, 3.63) is 68.7 Å². The van der Waals surface area contributed by atoms with Gasteiger partial charge in [0.05, 0.1) is 16.1 Å². The lowest BCUT2D eigenvalue weighted by Gasteiger charge is -2.19. The summed E-state index contributed by atoms with van der Waals surface area (Å²) < 4.78 is 28.1. The topological polar surface area (TPSA) is 38.0 Å². The van der Waals surface area contributed by atoms with Crippen molar-refractivity contribution in [2.75, 3.05) is 0 Å². The van der Waals surface area contributed by atoms with Crippen LogP contribution in [0.1, 0.15) is 22.7 Å². The van der Waals surface area contributed by atoms with Crippen molar-refractivity contribution in [3.8, 4) is 0 Å². The Labute approximate surface area is 125 Å². The third-order valence-electron chi connectivity index (χ3n) is 3.05. The smallest absolute Gasteiger partial charge is 0.134 e. The molecule has 0 heterocycles. The van der Waals surface area contributed by atoms with Gasteiger partial charge in [0.1, 0.15) is 11.6 Å². The first-order valence-electron chi connectivity index (χ1n) is 5.81. The maximum absolute atomic E-state index is 14.2. The van der Waals surface area contributed by atoms with Gasteiger partial charge in [0.2, 0.25) is 0 Å². The van der Waals surface area contributed by atoms with E-state index in [1.54, 1.807) is 19.1 Å². The van der Waals surface area contributed by atoms with Gasteiger partial charge in [-0.1, -0.05) is 35.3 Å². The van der Waals surface area contributed by atoms with Crippen LogP contribution in [0.5, 0.6) is 0 Å². The van der Waals surface area contributed by atoms with E-state index in [2.05, 4.69) is 5.43 Å². The monoisotopic (exact) mass is 316 g/mol. The number of nitrogens with two attached hydrogens (primary N) is 1. The number of halogens is 4. The third-order valence-corrected chi connectivity index (χ3v) is 3.79. The van der Waals surface area contributed by atoms with Gasteiger partial charge >= 0.3 is 0 Å². The van der Waals surface area contributed by atoms with E-state index >= 15 is 0 Å². The van der Waals surface area contributed by atoms with Gasteiger partial charge in [0.25, 0.3) is 0 Å². The quantitative estimate of drug-likeness (QED) is 0.660. The zero-order valence-corrected chi connectivity index (χ0v) is 12.1. The summed E-state index contributed by atoms with van der Waals surface area (Å²) in [5.74, 6) is 4.14. The summed E-state index contributed by atoms with van der Waals surface area (Å²) in [4.78, 5) is 0. The second kappa shape index (κ2) is 6.06. The Balaban J connectivity index is 2.58. The number of hydrazine groups is 1. The van der Waals surface area contributed by atoms with Gasteiger partial charge in [-0.15, -0.1) is 0 Å². The van der Waals surface area contributed by atoms with Gasteiger partial charge in [-0.3, -0.25) is 5.84 Å². The molecule has 0 saturated carbocycles. The molecule has 0 amide bonds. The van der Waals surface area contributed by atoms with Gasteiger partial charge in [-0.05, 0) is 36.2 Å². The van der Waals surface area contributed by atoms with E-state index in [1.165, 1.54) is 18.2 Å². The highest BCUT2D eigenvalue weighted by atomic mass is 35.5. The predicted octanol–water partition coefficient (Wildman–Crippen LogP) is 4.13. The van der Waals surface area contributed by atoms with Gasteiger partial charge in [0.15, 0.2) is 0 Å². The summed E-state index contributed by atoms with van der Waals surface area (Å²) in [5.41, 5.74) is 3.11. The minimum absolute atomic E-state index is 0.147. The maximum Gasteiger partial charge on any atom is 0.134 e. The maximum atomic E-state index is 14.2. The minimum Gasteiger partial charge on any atom is -0.271 e. The fourth-order valence-corrected chi connectivity index (χ4v) is 2.29. The molecule has 2 aromatic carbocycles. The van der Waals surface area contributed by atoms with Crippen LogP contribution in [0.3, 0.4) is 0 Å². The average molecular weight is 317 g/mol. The van der Waals surface area contributed by atoms with E-state index in [9.17, 15) is 8.78 Å². The molecule has 0 aromatic heterocycles. The molecule has 2 nitrogen and oxygen atoms in total. The Morgan fingerprint density at radius 1 is 1.10 bits per heavy atom. The molecule has 0 aliphatic carbocycles. The van der Waals surface area contributed by atoms with Crippen molar-refractivity contribution in [2.45, 2.75) is 13.0 Å². The van der Waals surface area contributed by atoms with Gasteiger partial charge < -0.3 is 0 Å². The molecular formula is C14H12Cl2F2N2. The van der Waals surface area contributed by atoms with Crippen LogP contribution in [-0.4, -0.2) is 0 Å². The molecule has 0 aliphatic heterocycles. The molecule has 3 N–H and O–H groups in total. The van der Waals surface area contributed by atoms with Crippen molar-refractivity contribution in [3.63, 3.8) is 0 Å². The third kappa shape index (κ3) is 2.79. The first-order chi connectivity index (χ1) is 9.45. The fraction of sp³-hybridized carbons (Fsp3) is 0.143. The number of hydrogen-bond acceptors (Lipinski definition) is 2. The second-order valence-corrected chi connectivity index (χ2v) is 5.18. The van der Waals surface area contributed by atoms with E-state index in [1.807, 2.05) is 0 Å². The molecule has 0 aliphatic rings. The SMILES string of the molecule is Cc1ccc(F)c(C(NN)c2ccc(Cl)c(Cl)c2)c1F. The van der Waals surface area contributed by atoms with Gasteiger partial charge in [-0.2, -0.15) is 0 Å². The molecule has 2 aromatic rings. The Kier molecular flexibility index (Phi) is 4.60.